The van der Waals surface area contributed by atoms with Crippen molar-refractivity contribution in [1.29, 1.82) is 0 Å². The predicted molar refractivity (Wildman–Crippen MR) is 82.8 cm³/mol. The second kappa shape index (κ2) is 8.76. The van der Waals surface area contributed by atoms with Crippen LogP contribution in [-0.4, -0.2) is 13.2 Å². The van der Waals surface area contributed by atoms with Gasteiger partial charge in [-0.25, -0.2) is 0 Å². The van der Waals surface area contributed by atoms with Crippen LogP contribution in [0.25, 0.3) is 0 Å². The quantitative estimate of drug-likeness (QED) is 0.532. The van der Waals surface area contributed by atoms with Crippen LogP contribution in [0.3, 0.4) is 0 Å². The van der Waals surface area contributed by atoms with Gasteiger partial charge in [-0.15, -0.1) is 6.58 Å². The molecule has 1 aromatic rings. The lowest BCUT2D eigenvalue weighted by Gasteiger charge is -2.14. The normalized spacial score (nSPS) is 10.5. The average molecular weight is 261 g/mol. The first kappa shape index (κ1) is 15.8. The van der Waals surface area contributed by atoms with E-state index >= 15 is 0 Å². The minimum atomic E-state index is 0.765. The van der Waals surface area contributed by atoms with E-state index in [1.165, 1.54) is 23.1 Å². The Morgan fingerprint density at radius 3 is 2.53 bits per heavy atom. The van der Waals surface area contributed by atoms with Crippen LogP contribution in [0.1, 0.15) is 42.9 Å². The molecule has 0 spiro atoms. The second-order valence-corrected chi connectivity index (χ2v) is 5.01. The lowest BCUT2D eigenvalue weighted by Crippen LogP contribution is -2.14. The molecule has 0 fully saturated rings. The largest absolute Gasteiger partial charge is 0.493 e. The summed E-state index contributed by atoms with van der Waals surface area (Å²) in [5.74, 6) is 1.04. The summed E-state index contributed by atoms with van der Waals surface area (Å²) < 4.78 is 5.88. The van der Waals surface area contributed by atoms with E-state index in [0.717, 1.165) is 38.3 Å². The summed E-state index contributed by atoms with van der Waals surface area (Å²) in [5, 5.41) is 3.43. The number of allylic oxidation sites excluding steroid dienone is 1. The van der Waals surface area contributed by atoms with Crippen molar-refractivity contribution in [2.75, 3.05) is 13.2 Å². The van der Waals surface area contributed by atoms with E-state index in [4.69, 9.17) is 4.74 Å². The van der Waals surface area contributed by atoms with Crippen LogP contribution in [0.2, 0.25) is 0 Å². The van der Waals surface area contributed by atoms with Crippen molar-refractivity contribution in [2.24, 2.45) is 0 Å². The summed E-state index contributed by atoms with van der Waals surface area (Å²) in [6, 6.07) is 4.44. The molecule has 19 heavy (non-hydrogen) atoms. The second-order valence-electron chi connectivity index (χ2n) is 5.01. The highest BCUT2D eigenvalue weighted by atomic mass is 16.5. The fourth-order valence-corrected chi connectivity index (χ4v) is 2.18. The Bertz CT molecular complexity index is 375. The van der Waals surface area contributed by atoms with Gasteiger partial charge in [0.15, 0.2) is 0 Å². The van der Waals surface area contributed by atoms with Crippen molar-refractivity contribution in [3.05, 3.63) is 41.5 Å². The number of ether oxygens (including phenoxy) is 1. The lowest BCUT2D eigenvalue weighted by atomic mass is 10.1. The Labute approximate surface area is 117 Å². The average Bonchev–Trinajstić information content (AvgIpc) is 2.37. The topological polar surface area (TPSA) is 21.3 Å². The molecule has 2 nitrogen and oxygen atoms in total. The summed E-state index contributed by atoms with van der Waals surface area (Å²) >= 11 is 0. The number of hydrogen-bond donors (Lipinski definition) is 1. The number of nitrogens with one attached hydrogen (secondary N) is 1. The van der Waals surface area contributed by atoms with Crippen LogP contribution in [0.15, 0.2) is 24.8 Å². The maximum atomic E-state index is 5.88. The summed E-state index contributed by atoms with van der Waals surface area (Å²) in [6.45, 7) is 12.9. The smallest absolute Gasteiger partial charge is 0.125 e. The summed E-state index contributed by atoms with van der Waals surface area (Å²) in [4.78, 5) is 0. The molecule has 0 aromatic heterocycles. The highest BCUT2D eigenvalue weighted by molar-refractivity contribution is 5.43. The van der Waals surface area contributed by atoms with Gasteiger partial charge < -0.3 is 10.1 Å². The maximum Gasteiger partial charge on any atom is 0.125 e. The van der Waals surface area contributed by atoms with E-state index in [1.54, 1.807) is 0 Å². The van der Waals surface area contributed by atoms with Gasteiger partial charge in [0.1, 0.15) is 5.75 Å². The molecule has 1 aromatic carbocycles. The molecule has 106 valence electrons. The monoisotopic (exact) mass is 261 g/mol. The highest BCUT2D eigenvalue weighted by Gasteiger charge is 2.06. The Morgan fingerprint density at radius 2 is 1.95 bits per heavy atom. The molecule has 0 saturated carbocycles. The van der Waals surface area contributed by atoms with Crippen molar-refractivity contribution >= 4 is 0 Å². The van der Waals surface area contributed by atoms with Crippen LogP contribution < -0.4 is 10.1 Å². The highest BCUT2D eigenvalue weighted by Crippen LogP contribution is 2.25. The number of unbranched alkanes of at least 4 members (excludes halogenated alkanes) is 1. The van der Waals surface area contributed by atoms with E-state index in [2.05, 4.69) is 44.8 Å². The van der Waals surface area contributed by atoms with Crippen molar-refractivity contribution < 1.29 is 4.74 Å². The predicted octanol–water partition coefficient (Wildman–Crippen LogP) is 4.15. The zero-order valence-electron chi connectivity index (χ0n) is 12.6. The molecule has 0 aliphatic rings. The molecular weight excluding hydrogens is 234 g/mol. The SMILES string of the molecule is C=CCCCOc1c(C)cc(CNCCC)cc1C. The van der Waals surface area contributed by atoms with Crippen LogP contribution in [0, 0.1) is 13.8 Å². The number of benzene rings is 1. The summed E-state index contributed by atoms with van der Waals surface area (Å²) in [6.07, 6.45) is 5.15. The minimum absolute atomic E-state index is 0.765. The molecule has 0 aliphatic heterocycles. The molecular formula is C17H27NO. The minimum Gasteiger partial charge on any atom is -0.493 e. The van der Waals surface area contributed by atoms with Crippen LogP contribution in [0.4, 0.5) is 0 Å². The van der Waals surface area contributed by atoms with E-state index < -0.39 is 0 Å². The lowest BCUT2D eigenvalue weighted by molar-refractivity contribution is 0.308. The molecule has 0 radical (unpaired) electrons. The van der Waals surface area contributed by atoms with Crippen LogP contribution in [0.5, 0.6) is 5.75 Å². The van der Waals surface area contributed by atoms with Crippen LogP contribution in [-0.2, 0) is 6.54 Å². The van der Waals surface area contributed by atoms with Crippen LogP contribution >= 0.6 is 0 Å². The third kappa shape index (κ3) is 5.48. The molecule has 0 saturated heterocycles. The van der Waals surface area contributed by atoms with Gasteiger partial charge in [-0.1, -0.05) is 25.1 Å². The van der Waals surface area contributed by atoms with Crippen molar-refractivity contribution in [2.45, 2.75) is 46.6 Å². The zero-order valence-corrected chi connectivity index (χ0v) is 12.6. The van der Waals surface area contributed by atoms with Gasteiger partial charge in [0, 0.05) is 6.54 Å². The van der Waals surface area contributed by atoms with Gasteiger partial charge in [-0.2, -0.15) is 0 Å². The summed E-state index contributed by atoms with van der Waals surface area (Å²) in [7, 11) is 0. The first-order valence-corrected chi connectivity index (χ1v) is 7.23. The zero-order chi connectivity index (χ0) is 14.1. The standard InChI is InChI=1S/C17H27NO/c1-5-7-8-10-19-17-14(3)11-16(12-15(17)4)13-18-9-6-2/h5,11-12,18H,1,6-10,13H2,2-4H3. The molecule has 2 heteroatoms. The Balaban J connectivity index is 2.60. The Kier molecular flexibility index (Phi) is 7.27. The fraction of sp³-hybridized carbons (Fsp3) is 0.529. The van der Waals surface area contributed by atoms with Crippen molar-refractivity contribution in [3.63, 3.8) is 0 Å². The molecule has 1 N–H and O–H groups in total. The van der Waals surface area contributed by atoms with E-state index in [9.17, 15) is 0 Å². The van der Waals surface area contributed by atoms with Gasteiger partial charge >= 0.3 is 0 Å². The first-order chi connectivity index (χ1) is 9.19. The molecule has 0 heterocycles. The molecule has 0 bridgehead atoms. The van der Waals surface area contributed by atoms with E-state index in [-0.39, 0.29) is 0 Å². The van der Waals surface area contributed by atoms with Gasteiger partial charge in [-0.05, 0) is 56.3 Å². The third-order valence-electron chi connectivity index (χ3n) is 3.08. The molecule has 0 amide bonds. The number of aryl methyl sites for hydroxylation is 2. The maximum absolute atomic E-state index is 5.88. The molecule has 0 unspecified atom stereocenters. The van der Waals surface area contributed by atoms with Gasteiger partial charge in [-0.3, -0.25) is 0 Å². The first-order valence-electron chi connectivity index (χ1n) is 7.23. The van der Waals surface area contributed by atoms with Gasteiger partial charge in [0.05, 0.1) is 6.61 Å². The fourth-order valence-electron chi connectivity index (χ4n) is 2.18. The van der Waals surface area contributed by atoms with Crippen molar-refractivity contribution in [1.82, 2.24) is 5.32 Å². The Hall–Kier alpha value is -1.28. The van der Waals surface area contributed by atoms with Crippen molar-refractivity contribution in [3.8, 4) is 5.75 Å². The third-order valence-corrected chi connectivity index (χ3v) is 3.08. The Morgan fingerprint density at radius 1 is 1.26 bits per heavy atom. The molecule has 1 rings (SSSR count). The summed E-state index contributed by atoms with van der Waals surface area (Å²) in [5.41, 5.74) is 3.79. The van der Waals surface area contributed by atoms with Gasteiger partial charge in [0.2, 0.25) is 0 Å². The number of hydrogen-bond acceptors (Lipinski definition) is 2. The van der Waals surface area contributed by atoms with E-state index in [1.807, 2.05) is 6.08 Å². The van der Waals surface area contributed by atoms with E-state index in [0.29, 0.717) is 0 Å². The van der Waals surface area contributed by atoms with Gasteiger partial charge in [0.25, 0.3) is 0 Å². The molecule has 0 aliphatic carbocycles. The molecule has 0 atom stereocenters. The number of rotatable bonds is 9.